The van der Waals surface area contributed by atoms with Gasteiger partial charge in [-0.1, -0.05) is 47.5 Å². The summed E-state index contributed by atoms with van der Waals surface area (Å²) < 4.78 is 0. The lowest BCUT2D eigenvalue weighted by molar-refractivity contribution is 0.0746. The number of aryl methyl sites for hydroxylation is 1. The van der Waals surface area contributed by atoms with Crippen LogP contribution in [0.4, 0.5) is 0 Å². The van der Waals surface area contributed by atoms with Gasteiger partial charge in [0.05, 0.1) is 0 Å². The Morgan fingerprint density at radius 3 is 2.48 bits per heavy atom. The van der Waals surface area contributed by atoms with Gasteiger partial charge in [0.15, 0.2) is 0 Å². The summed E-state index contributed by atoms with van der Waals surface area (Å²) >= 11 is 11.8. The van der Waals surface area contributed by atoms with Crippen LogP contribution in [-0.4, -0.2) is 22.3 Å². The van der Waals surface area contributed by atoms with E-state index in [2.05, 4.69) is 17.1 Å². The lowest BCUT2D eigenvalue weighted by Crippen LogP contribution is -2.30. The maximum Gasteiger partial charge on any atom is 0.254 e. The molecule has 0 aliphatic carbocycles. The number of hydrogen-bond donors (Lipinski definition) is 0. The Morgan fingerprint density at radius 2 is 1.76 bits per heavy atom. The first kappa shape index (κ1) is 14.4. The standard InChI is InChI=1S/C16H14Cl2N2O/c17-14-8-13(9-15(18)19-14)16(21)20-7-3-6-11-4-1-2-5-12(11)10-20/h1-2,4-5,8-9H,3,6-7,10H2. The van der Waals surface area contributed by atoms with Crippen molar-refractivity contribution in [3.63, 3.8) is 0 Å². The zero-order chi connectivity index (χ0) is 14.8. The number of fused-ring (bicyclic) bond motifs is 1. The topological polar surface area (TPSA) is 33.2 Å². The molecule has 0 spiro atoms. The van der Waals surface area contributed by atoms with Crippen molar-refractivity contribution in [3.05, 3.63) is 63.4 Å². The van der Waals surface area contributed by atoms with Crippen molar-refractivity contribution in [2.24, 2.45) is 0 Å². The Hall–Kier alpha value is -1.58. The van der Waals surface area contributed by atoms with E-state index in [9.17, 15) is 4.79 Å². The molecule has 3 rings (SSSR count). The van der Waals surface area contributed by atoms with E-state index in [0.717, 1.165) is 19.4 Å². The Kier molecular flexibility index (Phi) is 4.13. The molecule has 1 aliphatic rings. The minimum atomic E-state index is -0.0575. The molecule has 1 amide bonds. The van der Waals surface area contributed by atoms with Crippen molar-refractivity contribution >= 4 is 29.1 Å². The molecule has 0 atom stereocenters. The van der Waals surface area contributed by atoms with Crippen molar-refractivity contribution in [1.29, 1.82) is 0 Å². The molecule has 0 fully saturated rings. The molecule has 0 unspecified atom stereocenters. The highest BCUT2D eigenvalue weighted by Crippen LogP contribution is 2.22. The number of pyridine rings is 1. The zero-order valence-corrected chi connectivity index (χ0v) is 12.9. The molecular weight excluding hydrogens is 307 g/mol. The van der Waals surface area contributed by atoms with Gasteiger partial charge in [-0.3, -0.25) is 4.79 Å². The quantitative estimate of drug-likeness (QED) is 0.745. The van der Waals surface area contributed by atoms with Crippen molar-refractivity contribution in [2.45, 2.75) is 19.4 Å². The van der Waals surface area contributed by atoms with Gasteiger partial charge >= 0.3 is 0 Å². The molecule has 108 valence electrons. The number of carbonyl (C=O) groups excluding carboxylic acids is 1. The van der Waals surface area contributed by atoms with Gasteiger partial charge < -0.3 is 4.90 Å². The molecule has 0 saturated carbocycles. The Labute approximate surface area is 133 Å². The first-order valence-corrected chi connectivity index (χ1v) is 7.58. The van der Waals surface area contributed by atoms with Crippen LogP contribution in [0.25, 0.3) is 0 Å². The lowest BCUT2D eigenvalue weighted by Gasteiger charge is -2.21. The van der Waals surface area contributed by atoms with Gasteiger partial charge in [0.1, 0.15) is 10.3 Å². The van der Waals surface area contributed by atoms with Crippen LogP contribution in [-0.2, 0) is 13.0 Å². The highest BCUT2D eigenvalue weighted by molar-refractivity contribution is 6.33. The average molecular weight is 321 g/mol. The first-order valence-electron chi connectivity index (χ1n) is 6.82. The summed E-state index contributed by atoms with van der Waals surface area (Å²) in [5.74, 6) is -0.0575. The summed E-state index contributed by atoms with van der Waals surface area (Å²) in [4.78, 5) is 18.4. The number of benzene rings is 1. The maximum absolute atomic E-state index is 12.6. The van der Waals surface area contributed by atoms with Crippen molar-refractivity contribution < 1.29 is 4.79 Å². The molecule has 2 heterocycles. The van der Waals surface area contributed by atoms with E-state index in [4.69, 9.17) is 23.2 Å². The Morgan fingerprint density at radius 1 is 1.10 bits per heavy atom. The average Bonchev–Trinajstić information content (AvgIpc) is 2.67. The minimum Gasteiger partial charge on any atom is -0.334 e. The van der Waals surface area contributed by atoms with Crippen molar-refractivity contribution in [2.75, 3.05) is 6.54 Å². The molecule has 0 N–H and O–H groups in total. The number of hydrogen-bond acceptors (Lipinski definition) is 2. The van der Waals surface area contributed by atoms with E-state index >= 15 is 0 Å². The summed E-state index contributed by atoms with van der Waals surface area (Å²) in [6.07, 6.45) is 1.95. The second-order valence-electron chi connectivity index (χ2n) is 5.10. The second-order valence-corrected chi connectivity index (χ2v) is 5.87. The van der Waals surface area contributed by atoms with Crippen LogP contribution >= 0.6 is 23.2 Å². The SMILES string of the molecule is O=C(c1cc(Cl)nc(Cl)c1)N1CCCc2ccccc2C1. The fraction of sp³-hybridized carbons (Fsp3) is 0.250. The molecule has 21 heavy (non-hydrogen) atoms. The number of halogens is 2. The van der Waals surface area contributed by atoms with Gasteiger partial charge in [-0.15, -0.1) is 0 Å². The van der Waals surface area contributed by atoms with Crippen molar-refractivity contribution in [1.82, 2.24) is 9.88 Å². The van der Waals surface area contributed by atoms with Crippen molar-refractivity contribution in [3.8, 4) is 0 Å². The molecule has 0 saturated heterocycles. The largest absolute Gasteiger partial charge is 0.334 e. The van der Waals surface area contributed by atoms with Crippen LogP contribution in [0.15, 0.2) is 36.4 Å². The molecular formula is C16H14Cl2N2O. The third-order valence-electron chi connectivity index (χ3n) is 3.65. The molecule has 1 aromatic carbocycles. The number of carbonyl (C=O) groups is 1. The van der Waals surface area contributed by atoms with E-state index in [1.807, 2.05) is 17.0 Å². The van der Waals surface area contributed by atoms with Gasteiger partial charge in [0.25, 0.3) is 5.91 Å². The first-order chi connectivity index (χ1) is 10.1. The number of rotatable bonds is 1. The van der Waals surface area contributed by atoms with Gasteiger partial charge in [0, 0.05) is 18.7 Å². The Balaban J connectivity index is 1.88. The van der Waals surface area contributed by atoms with Gasteiger partial charge in [-0.05, 0) is 36.1 Å². The van der Waals surface area contributed by atoms with Crippen LogP contribution < -0.4 is 0 Å². The van der Waals surface area contributed by atoms with E-state index in [-0.39, 0.29) is 16.2 Å². The molecule has 2 aromatic rings. The molecule has 0 bridgehead atoms. The van der Waals surface area contributed by atoms with E-state index < -0.39 is 0 Å². The fourth-order valence-corrected chi connectivity index (χ4v) is 3.11. The zero-order valence-electron chi connectivity index (χ0n) is 11.4. The normalized spacial score (nSPS) is 14.5. The highest BCUT2D eigenvalue weighted by Gasteiger charge is 2.20. The summed E-state index contributed by atoms with van der Waals surface area (Å²) in [5.41, 5.74) is 3.01. The van der Waals surface area contributed by atoms with Crippen LogP contribution in [0, 0.1) is 0 Å². The fourth-order valence-electron chi connectivity index (χ4n) is 2.64. The van der Waals surface area contributed by atoms with Gasteiger partial charge in [-0.2, -0.15) is 0 Å². The molecule has 1 aromatic heterocycles. The molecule has 0 radical (unpaired) electrons. The summed E-state index contributed by atoms with van der Waals surface area (Å²) in [6.45, 7) is 1.34. The monoisotopic (exact) mass is 320 g/mol. The minimum absolute atomic E-state index is 0.0575. The number of nitrogens with zero attached hydrogens (tertiary/aromatic N) is 2. The molecule has 3 nitrogen and oxygen atoms in total. The summed E-state index contributed by atoms with van der Waals surface area (Å²) in [5, 5.41) is 0.474. The van der Waals surface area contributed by atoms with Crippen LogP contribution in [0.3, 0.4) is 0 Å². The third-order valence-corrected chi connectivity index (χ3v) is 4.04. The van der Waals surface area contributed by atoms with Gasteiger partial charge in [-0.25, -0.2) is 4.98 Å². The third kappa shape index (κ3) is 3.20. The smallest absolute Gasteiger partial charge is 0.254 e. The number of aromatic nitrogens is 1. The predicted octanol–water partition coefficient (Wildman–Crippen LogP) is 3.98. The predicted molar refractivity (Wildman–Crippen MR) is 83.8 cm³/mol. The molecule has 5 heteroatoms. The van der Waals surface area contributed by atoms with Gasteiger partial charge in [0.2, 0.25) is 0 Å². The lowest BCUT2D eigenvalue weighted by atomic mass is 10.0. The maximum atomic E-state index is 12.6. The van der Waals surface area contributed by atoms with Crippen LogP contribution in [0.5, 0.6) is 0 Å². The van der Waals surface area contributed by atoms with E-state index in [1.54, 1.807) is 12.1 Å². The van der Waals surface area contributed by atoms with E-state index in [1.165, 1.54) is 11.1 Å². The summed E-state index contributed by atoms with van der Waals surface area (Å²) in [6, 6.07) is 11.4. The summed E-state index contributed by atoms with van der Waals surface area (Å²) in [7, 11) is 0. The molecule has 1 aliphatic heterocycles. The van der Waals surface area contributed by atoms with Crippen LogP contribution in [0.2, 0.25) is 10.3 Å². The highest BCUT2D eigenvalue weighted by atomic mass is 35.5. The van der Waals surface area contributed by atoms with E-state index in [0.29, 0.717) is 12.1 Å². The Bertz CT molecular complexity index is 667. The van der Waals surface area contributed by atoms with Crippen LogP contribution in [0.1, 0.15) is 27.9 Å². The second kappa shape index (κ2) is 6.04. The number of amides is 1.